The Morgan fingerprint density at radius 2 is 1.79 bits per heavy atom. The van der Waals surface area contributed by atoms with Crippen LogP contribution in [0.4, 0.5) is 18.9 Å². The van der Waals surface area contributed by atoms with E-state index in [1.54, 1.807) is 30.3 Å². The Morgan fingerprint density at radius 3 is 2.55 bits per heavy atom. The van der Waals surface area contributed by atoms with Crippen LogP contribution in [0.3, 0.4) is 0 Å². The molecule has 2 heterocycles. The second kappa shape index (κ2) is 7.66. The molecule has 0 aliphatic rings. The summed E-state index contributed by atoms with van der Waals surface area (Å²) in [7, 11) is 0. The molecule has 0 atom stereocenters. The monoisotopic (exact) mass is 451 g/mol. The van der Waals surface area contributed by atoms with Crippen LogP contribution in [0.5, 0.6) is 5.75 Å². The molecular formula is C23H16F3N5O2. The first-order valence-corrected chi connectivity index (χ1v) is 9.89. The molecule has 0 spiro atoms. The average Bonchev–Trinajstić information content (AvgIpc) is 3.37. The van der Waals surface area contributed by atoms with Gasteiger partial charge in [-0.05, 0) is 54.1 Å². The molecule has 1 amide bonds. The fourth-order valence-electron chi connectivity index (χ4n) is 3.59. The Balaban J connectivity index is 1.39. The summed E-state index contributed by atoms with van der Waals surface area (Å²) in [4.78, 5) is 19.6. The van der Waals surface area contributed by atoms with Crippen LogP contribution < -0.4 is 5.32 Å². The number of aromatic amines is 2. The number of phenolic OH excluding ortho intramolecular Hbond substituents is 1. The number of nitrogens with one attached hydrogen (secondary N) is 3. The zero-order valence-electron chi connectivity index (χ0n) is 16.9. The predicted octanol–water partition coefficient (Wildman–Crippen LogP) is 5.01. The van der Waals surface area contributed by atoms with Crippen molar-refractivity contribution in [2.75, 3.05) is 5.32 Å². The van der Waals surface area contributed by atoms with E-state index in [0.29, 0.717) is 33.6 Å². The lowest BCUT2D eigenvalue weighted by atomic mass is 10.1. The van der Waals surface area contributed by atoms with Crippen molar-refractivity contribution >= 4 is 33.5 Å². The van der Waals surface area contributed by atoms with Crippen molar-refractivity contribution in [2.24, 2.45) is 0 Å². The van der Waals surface area contributed by atoms with Gasteiger partial charge in [-0.25, -0.2) is 4.98 Å². The lowest BCUT2D eigenvalue weighted by Crippen LogP contribution is -2.14. The largest absolute Gasteiger partial charge is 0.508 e. The highest BCUT2D eigenvalue weighted by atomic mass is 19.4. The van der Waals surface area contributed by atoms with Crippen molar-refractivity contribution in [3.63, 3.8) is 0 Å². The van der Waals surface area contributed by atoms with Gasteiger partial charge in [-0.15, -0.1) is 0 Å². The van der Waals surface area contributed by atoms with E-state index in [0.717, 1.165) is 17.7 Å². The fraction of sp³-hybridized carbons (Fsp3) is 0.0870. The van der Waals surface area contributed by atoms with Gasteiger partial charge in [-0.2, -0.15) is 18.3 Å². The van der Waals surface area contributed by atoms with Gasteiger partial charge in [0.2, 0.25) is 5.91 Å². The number of hydrogen-bond donors (Lipinski definition) is 4. The van der Waals surface area contributed by atoms with Gasteiger partial charge in [0.05, 0.1) is 28.5 Å². The number of aromatic hydroxyl groups is 1. The number of anilines is 1. The maximum absolute atomic E-state index is 13.0. The smallest absolute Gasteiger partial charge is 0.416 e. The van der Waals surface area contributed by atoms with E-state index in [9.17, 15) is 23.1 Å². The van der Waals surface area contributed by atoms with Crippen LogP contribution in [0.1, 0.15) is 11.1 Å². The highest BCUT2D eigenvalue weighted by molar-refractivity contribution is 5.95. The molecule has 0 radical (unpaired) electrons. The van der Waals surface area contributed by atoms with Crippen molar-refractivity contribution in [1.82, 2.24) is 20.2 Å². The Morgan fingerprint density at radius 1 is 1.00 bits per heavy atom. The first-order chi connectivity index (χ1) is 15.8. The number of H-pyrrole nitrogens is 2. The molecule has 166 valence electrons. The summed E-state index contributed by atoms with van der Waals surface area (Å²) in [6.07, 6.45) is -4.32. The average molecular weight is 451 g/mol. The van der Waals surface area contributed by atoms with Crippen LogP contribution in [0.15, 0.2) is 60.7 Å². The number of nitrogens with zero attached hydrogens (tertiary/aromatic N) is 2. The third-order valence-corrected chi connectivity index (χ3v) is 5.18. The third-order valence-electron chi connectivity index (χ3n) is 5.18. The maximum atomic E-state index is 13.0. The number of amides is 1. The molecule has 5 rings (SSSR count). The van der Waals surface area contributed by atoms with Crippen molar-refractivity contribution in [3.8, 4) is 17.3 Å². The Bertz CT molecular complexity index is 1490. The number of alkyl halides is 3. The van der Waals surface area contributed by atoms with Crippen molar-refractivity contribution in [2.45, 2.75) is 12.6 Å². The first kappa shape index (κ1) is 20.6. The van der Waals surface area contributed by atoms with Crippen molar-refractivity contribution in [3.05, 3.63) is 71.8 Å². The Kier molecular flexibility index (Phi) is 4.77. The molecule has 10 heteroatoms. The van der Waals surface area contributed by atoms with Gasteiger partial charge in [-0.1, -0.05) is 12.1 Å². The quantitative estimate of drug-likeness (QED) is 0.288. The molecule has 0 saturated heterocycles. The number of carbonyl (C=O) groups excluding carboxylic acids is 1. The molecule has 4 N–H and O–H groups in total. The fourth-order valence-corrected chi connectivity index (χ4v) is 3.59. The van der Waals surface area contributed by atoms with Crippen LogP contribution in [0.2, 0.25) is 0 Å². The molecule has 33 heavy (non-hydrogen) atoms. The minimum Gasteiger partial charge on any atom is -0.508 e. The molecule has 0 aliphatic heterocycles. The summed E-state index contributed by atoms with van der Waals surface area (Å²) >= 11 is 0. The molecule has 0 saturated carbocycles. The van der Waals surface area contributed by atoms with E-state index in [1.165, 1.54) is 18.2 Å². The van der Waals surface area contributed by atoms with E-state index in [-0.39, 0.29) is 23.6 Å². The number of hydrogen-bond acceptors (Lipinski definition) is 4. The first-order valence-electron chi connectivity index (χ1n) is 9.89. The lowest BCUT2D eigenvalue weighted by molar-refractivity contribution is -0.137. The van der Waals surface area contributed by atoms with Gasteiger partial charge < -0.3 is 15.4 Å². The molecule has 0 fully saturated rings. The predicted molar refractivity (Wildman–Crippen MR) is 117 cm³/mol. The second-order valence-corrected chi connectivity index (χ2v) is 7.54. The highest BCUT2D eigenvalue weighted by Gasteiger charge is 2.30. The Labute approximate surface area is 184 Å². The summed E-state index contributed by atoms with van der Waals surface area (Å²) < 4.78 is 38.9. The highest BCUT2D eigenvalue weighted by Crippen LogP contribution is 2.32. The number of phenols is 1. The van der Waals surface area contributed by atoms with Gasteiger partial charge in [0, 0.05) is 11.1 Å². The summed E-state index contributed by atoms with van der Waals surface area (Å²) in [5, 5.41) is 19.9. The lowest BCUT2D eigenvalue weighted by Gasteiger charge is -2.05. The van der Waals surface area contributed by atoms with Crippen molar-refractivity contribution < 1.29 is 23.1 Å². The van der Waals surface area contributed by atoms with E-state index < -0.39 is 11.7 Å². The van der Waals surface area contributed by atoms with Crippen LogP contribution in [0, 0.1) is 0 Å². The van der Waals surface area contributed by atoms with Gasteiger partial charge >= 0.3 is 6.18 Å². The van der Waals surface area contributed by atoms with Crippen molar-refractivity contribution in [1.29, 1.82) is 0 Å². The van der Waals surface area contributed by atoms with Gasteiger partial charge in [0.15, 0.2) is 5.82 Å². The summed E-state index contributed by atoms with van der Waals surface area (Å²) in [6, 6.07) is 14.8. The minimum absolute atomic E-state index is 0.110. The molecular weight excluding hydrogens is 435 g/mol. The molecule has 0 unspecified atom stereocenters. The van der Waals surface area contributed by atoms with Crippen LogP contribution >= 0.6 is 0 Å². The second-order valence-electron chi connectivity index (χ2n) is 7.54. The standard InChI is InChI=1S/C23H16F3N5O2/c24-23(25,26)13-2-8-17-19(11-13)29-22(28-17)21-16-7-1-12(9-18(16)30-31-21)10-20(33)27-14-3-5-15(32)6-4-14/h1-9,11,32H,10H2,(H,27,33)(H,28,29)(H,30,31). The number of halogens is 3. The van der Waals surface area contributed by atoms with Gasteiger partial charge in [-0.3, -0.25) is 9.89 Å². The molecule has 2 aromatic heterocycles. The number of rotatable bonds is 4. The van der Waals surface area contributed by atoms with Crippen LogP contribution in [0.25, 0.3) is 33.5 Å². The SMILES string of the molecule is O=C(Cc1ccc2c(-c3nc4ccc(C(F)(F)F)cc4[nH]3)n[nH]c2c1)Nc1ccc(O)cc1. The summed E-state index contributed by atoms with van der Waals surface area (Å²) in [5.74, 6) is 0.227. The number of aromatic nitrogens is 4. The van der Waals surface area contributed by atoms with Crippen LogP contribution in [-0.2, 0) is 17.4 Å². The van der Waals surface area contributed by atoms with E-state index in [4.69, 9.17) is 0 Å². The zero-order chi connectivity index (χ0) is 23.2. The number of carbonyl (C=O) groups is 1. The zero-order valence-corrected chi connectivity index (χ0v) is 16.9. The maximum Gasteiger partial charge on any atom is 0.416 e. The molecule has 3 aromatic carbocycles. The third kappa shape index (κ3) is 4.10. The minimum atomic E-state index is -4.44. The molecule has 0 bridgehead atoms. The van der Waals surface area contributed by atoms with E-state index in [1.807, 2.05) is 0 Å². The molecule has 5 aromatic rings. The van der Waals surface area contributed by atoms with Gasteiger partial charge in [0.25, 0.3) is 0 Å². The summed E-state index contributed by atoms with van der Waals surface area (Å²) in [5.41, 5.74) is 2.35. The molecule has 0 aliphatic carbocycles. The normalized spacial score (nSPS) is 11.8. The van der Waals surface area contributed by atoms with Gasteiger partial charge in [0.1, 0.15) is 11.4 Å². The number of fused-ring (bicyclic) bond motifs is 2. The summed E-state index contributed by atoms with van der Waals surface area (Å²) in [6.45, 7) is 0. The number of imidazole rings is 1. The topological polar surface area (TPSA) is 107 Å². The molecule has 7 nitrogen and oxygen atoms in total. The Hall–Kier alpha value is -4.34. The van der Waals surface area contributed by atoms with E-state index in [2.05, 4.69) is 25.5 Å². The van der Waals surface area contributed by atoms with Crippen LogP contribution in [-0.4, -0.2) is 31.2 Å². The number of benzene rings is 3. The van der Waals surface area contributed by atoms with E-state index >= 15 is 0 Å².